The molecule has 1 nitrogen and oxygen atoms in total. The Hall–Kier alpha value is -1.39. The fourth-order valence-electron chi connectivity index (χ4n) is 1.83. The number of benzene rings is 2. The minimum Gasteiger partial charge on any atom is -0.388 e. The van der Waals surface area contributed by atoms with Crippen LogP contribution in [-0.2, 0) is 0 Å². The lowest BCUT2D eigenvalue weighted by molar-refractivity contribution is 0.203. The SMILES string of the molecule is Cc1cc(F)ccc1C(O)CSc1ccccc1F. The van der Waals surface area contributed by atoms with Crippen molar-refractivity contribution in [3.05, 3.63) is 65.2 Å². The molecule has 0 aliphatic heterocycles. The van der Waals surface area contributed by atoms with Gasteiger partial charge in [-0.1, -0.05) is 18.2 Å². The summed E-state index contributed by atoms with van der Waals surface area (Å²) in [5, 5.41) is 10.1. The first-order valence-corrected chi connectivity index (χ1v) is 6.88. The highest BCUT2D eigenvalue weighted by Crippen LogP contribution is 2.28. The lowest BCUT2D eigenvalue weighted by Gasteiger charge is -2.13. The van der Waals surface area contributed by atoms with Crippen molar-refractivity contribution in [3.8, 4) is 0 Å². The van der Waals surface area contributed by atoms with Gasteiger partial charge in [0.1, 0.15) is 11.6 Å². The van der Waals surface area contributed by atoms with Crippen molar-refractivity contribution in [3.63, 3.8) is 0 Å². The molecule has 2 rings (SSSR count). The van der Waals surface area contributed by atoms with Gasteiger partial charge in [-0.15, -0.1) is 11.8 Å². The van der Waals surface area contributed by atoms with Crippen LogP contribution in [0.15, 0.2) is 47.4 Å². The third-order valence-electron chi connectivity index (χ3n) is 2.82. The summed E-state index contributed by atoms with van der Waals surface area (Å²) in [5.74, 6) is -0.293. The molecule has 0 heterocycles. The molecule has 0 aliphatic rings. The Morgan fingerprint density at radius 1 is 1.16 bits per heavy atom. The number of hydrogen-bond donors (Lipinski definition) is 1. The first-order chi connectivity index (χ1) is 9.08. The summed E-state index contributed by atoms with van der Waals surface area (Å²) in [6.07, 6.45) is -0.745. The highest BCUT2D eigenvalue weighted by atomic mass is 32.2. The topological polar surface area (TPSA) is 20.2 Å². The maximum Gasteiger partial charge on any atom is 0.136 e. The molecule has 0 aliphatic carbocycles. The minimum absolute atomic E-state index is 0.296. The van der Waals surface area contributed by atoms with Crippen molar-refractivity contribution < 1.29 is 13.9 Å². The number of aliphatic hydroxyl groups is 1. The van der Waals surface area contributed by atoms with Crippen molar-refractivity contribution in [2.24, 2.45) is 0 Å². The van der Waals surface area contributed by atoms with Crippen LogP contribution in [-0.4, -0.2) is 10.9 Å². The second-order valence-electron chi connectivity index (χ2n) is 4.26. The molecule has 1 atom stereocenters. The van der Waals surface area contributed by atoms with Crippen molar-refractivity contribution in [1.29, 1.82) is 0 Å². The molecule has 19 heavy (non-hydrogen) atoms. The van der Waals surface area contributed by atoms with Gasteiger partial charge in [-0.25, -0.2) is 8.78 Å². The van der Waals surface area contributed by atoms with Crippen LogP contribution in [0.5, 0.6) is 0 Å². The first-order valence-electron chi connectivity index (χ1n) is 5.89. The Balaban J connectivity index is 2.05. The van der Waals surface area contributed by atoms with E-state index < -0.39 is 6.10 Å². The van der Waals surface area contributed by atoms with E-state index in [1.54, 1.807) is 31.2 Å². The third kappa shape index (κ3) is 3.55. The molecular formula is C15H14F2OS. The molecule has 0 radical (unpaired) electrons. The zero-order valence-corrected chi connectivity index (χ0v) is 11.3. The molecule has 0 saturated carbocycles. The van der Waals surface area contributed by atoms with Crippen molar-refractivity contribution >= 4 is 11.8 Å². The molecular weight excluding hydrogens is 266 g/mol. The van der Waals surface area contributed by atoms with Gasteiger partial charge in [-0.05, 0) is 42.3 Å². The molecule has 100 valence electrons. The lowest BCUT2D eigenvalue weighted by atomic mass is 10.0. The number of aryl methyl sites for hydroxylation is 1. The monoisotopic (exact) mass is 280 g/mol. The Morgan fingerprint density at radius 2 is 1.89 bits per heavy atom. The number of aliphatic hydroxyl groups excluding tert-OH is 1. The van der Waals surface area contributed by atoms with Gasteiger partial charge in [0.2, 0.25) is 0 Å². The van der Waals surface area contributed by atoms with E-state index in [9.17, 15) is 13.9 Å². The predicted molar refractivity (Wildman–Crippen MR) is 73.2 cm³/mol. The number of rotatable bonds is 4. The number of thioether (sulfide) groups is 1. The van der Waals surface area contributed by atoms with E-state index in [0.29, 0.717) is 21.8 Å². The van der Waals surface area contributed by atoms with E-state index in [1.165, 1.54) is 30.0 Å². The maximum atomic E-state index is 13.4. The minimum atomic E-state index is -0.745. The summed E-state index contributed by atoms with van der Waals surface area (Å²) in [7, 11) is 0. The van der Waals surface area contributed by atoms with E-state index in [0.717, 1.165) is 0 Å². The van der Waals surface area contributed by atoms with Gasteiger partial charge in [0.05, 0.1) is 6.10 Å². The largest absolute Gasteiger partial charge is 0.388 e. The fraction of sp³-hybridized carbons (Fsp3) is 0.200. The first kappa shape index (κ1) is 14.0. The van der Waals surface area contributed by atoms with E-state index in [2.05, 4.69) is 0 Å². The summed E-state index contributed by atoms with van der Waals surface area (Å²) in [5.41, 5.74) is 1.37. The molecule has 4 heteroatoms. The zero-order chi connectivity index (χ0) is 13.8. The highest BCUT2D eigenvalue weighted by Gasteiger charge is 2.12. The smallest absolute Gasteiger partial charge is 0.136 e. The Morgan fingerprint density at radius 3 is 2.58 bits per heavy atom. The van der Waals surface area contributed by atoms with Gasteiger partial charge >= 0.3 is 0 Å². The van der Waals surface area contributed by atoms with Crippen LogP contribution in [0.1, 0.15) is 17.2 Å². The van der Waals surface area contributed by atoms with Gasteiger partial charge in [-0.3, -0.25) is 0 Å². The van der Waals surface area contributed by atoms with E-state index in [1.807, 2.05) is 0 Å². The normalized spacial score (nSPS) is 12.4. The van der Waals surface area contributed by atoms with Crippen molar-refractivity contribution in [2.75, 3.05) is 5.75 Å². The van der Waals surface area contributed by atoms with Crippen LogP contribution >= 0.6 is 11.8 Å². The van der Waals surface area contributed by atoms with Crippen LogP contribution in [0.2, 0.25) is 0 Å². The molecule has 2 aromatic carbocycles. The lowest BCUT2D eigenvalue weighted by Crippen LogP contribution is -2.03. The quantitative estimate of drug-likeness (QED) is 0.851. The van der Waals surface area contributed by atoms with Crippen molar-refractivity contribution in [1.82, 2.24) is 0 Å². The molecule has 0 bridgehead atoms. The molecule has 1 N–H and O–H groups in total. The maximum absolute atomic E-state index is 13.4. The van der Waals surface area contributed by atoms with Gasteiger partial charge in [0, 0.05) is 10.6 Å². The van der Waals surface area contributed by atoms with Crippen LogP contribution in [0.25, 0.3) is 0 Å². The van der Waals surface area contributed by atoms with Gasteiger partial charge in [0.25, 0.3) is 0 Å². The Kier molecular flexibility index (Phi) is 4.56. The van der Waals surface area contributed by atoms with Crippen LogP contribution in [0, 0.1) is 18.6 Å². The van der Waals surface area contributed by atoms with Gasteiger partial charge in [-0.2, -0.15) is 0 Å². The average molecular weight is 280 g/mol. The summed E-state index contributed by atoms with van der Waals surface area (Å²) >= 11 is 1.24. The molecule has 0 saturated heterocycles. The summed E-state index contributed by atoms with van der Waals surface area (Å²) in [6, 6.07) is 10.7. The third-order valence-corrected chi connectivity index (χ3v) is 3.95. The van der Waals surface area contributed by atoms with E-state index in [4.69, 9.17) is 0 Å². The second-order valence-corrected chi connectivity index (χ2v) is 5.32. The standard InChI is InChI=1S/C15H14F2OS/c1-10-8-11(16)6-7-12(10)14(18)9-19-15-5-3-2-4-13(15)17/h2-8,14,18H,9H2,1H3. The number of hydrogen-bond acceptors (Lipinski definition) is 2. The summed E-state index contributed by atoms with van der Waals surface area (Å²) in [4.78, 5) is 0.501. The van der Waals surface area contributed by atoms with E-state index in [-0.39, 0.29) is 11.6 Å². The molecule has 0 amide bonds. The Bertz CT molecular complexity index is 572. The molecule has 2 aromatic rings. The average Bonchev–Trinajstić information content (AvgIpc) is 2.37. The van der Waals surface area contributed by atoms with Crippen LogP contribution in [0.3, 0.4) is 0 Å². The molecule has 0 fully saturated rings. The summed E-state index contributed by atoms with van der Waals surface area (Å²) in [6.45, 7) is 1.75. The molecule has 0 aromatic heterocycles. The van der Waals surface area contributed by atoms with Gasteiger partial charge < -0.3 is 5.11 Å². The molecule has 0 spiro atoms. The summed E-state index contributed by atoms with van der Waals surface area (Å²) < 4.78 is 26.4. The zero-order valence-electron chi connectivity index (χ0n) is 10.4. The second kappa shape index (κ2) is 6.17. The van der Waals surface area contributed by atoms with Crippen LogP contribution < -0.4 is 0 Å². The molecule has 1 unspecified atom stereocenters. The predicted octanol–water partition coefficient (Wildman–Crippen LogP) is 4.10. The van der Waals surface area contributed by atoms with Gasteiger partial charge in [0.15, 0.2) is 0 Å². The number of halogens is 2. The highest BCUT2D eigenvalue weighted by molar-refractivity contribution is 7.99. The Labute approximate surface area is 115 Å². The van der Waals surface area contributed by atoms with Crippen molar-refractivity contribution in [2.45, 2.75) is 17.9 Å². The van der Waals surface area contributed by atoms with E-state index >= 15 is 0 Å². The van der Waals surface area contributed by atoms with Crippen LogP contribution in [0.4, 0.5) is 8.78 Å². The fourth-order valence-corrected chi connectivity index (χ4v) is 2.73.